The van der Waals surface area contributed by atoms with Crippen molar-refractivity contribution in [3.8, 4) is 0 Å². The van der Waals surface area contributed by atoms with Gasteiger partial charge in [0, 0.05) is 11.4 Å². The van der Waals surface area contributed by atoms with Crippen molar-refractivity contribution in [2.24, 2.45) is 0 Å². The number of fused-ring (bicyclic) bond motifs is 1. The van der Waals surface area contributed by atoms with Crippen LogP contribution in [-0.4, -0.2) is 27.4 Å². The second-order valence-electron chi connectivity index (χ2n) is 6.22. The Kier molecular flexibility index (Phi) is 4.39. The molecule has 2 N–H and O–H groups in total. The average molecular weight is 340 g/mol. The van der Waals surface area contributed by atoms with Crippen molar-refractivity contribution in [3.05, 3.63) is 46.8 Å². The van der Waals surface area contributed by atoms with Gasteiger partial charge in [0.15, 0.2) is 5.78 Å². The Balaban J connectivity index is 1.77. The summed E-state index contributed by atoms with van der Waals surface area (Å²) in [6.45, 7) is 5.01. The fourth-order valence-electron chi connectivity index (χ4n) is 3.28. The summed E-state index contributed by atoms with van der Waals surface area (Å²) in [5.74, 6) is -0.455. The third-order valence-corrected chi connectivity index (χ3v) is 4.36. The van der Waals surface area contributed by atoms with Crippen LogP contribution in [0.3, 0.4) is 0 Å². The van der Waals surface area contributed by atoms with Gasteiger partial charge in [0.2, 0.25) is 11.8 Å². The summed E-state index contributed by atoms with van der Waals surface area (Å²) in [5, 5.41) is 9.97. The van der Waals surface area contributed by atoms with Crippen molar-refractivity contribution < 1.29 is 14.4 Å². The molecule has 2 aromatic rings. The molecule has 3 rings (SSSR count). The van der Waals surface area contributed by atoms with Crippen LogP contribution in [0.15, 0.2) is 24.3 Å². The molecule has 0 saturated heterocycles. The highest BCUT2D eigenvalue weighted by Gasteiger charge is 2.26. The minimum absolute atomic E-state index is 0.000237. The van der Waals surface area contributed by atoms with Crippen LogP contribution in [0.2, 0.25) is 0 Å². The predicted molar refractivity (Wildman–Crippen MR) is 92.3 cm³/mol. The van der Waals surface area contributed by atoms with Gasteiger partial charge in [-0.2, -0.15) is 5.10 Å². The number of anilines is 1. The smallest absolute Gasteiger partial charge is 0.242 e. The highest BCUT2D eigenvalue weighted by Crippen LogP contribution is 2.29. The maximum absolute atomic E-state index is 12.5. The van der Waals surface area contributed by atoms with Gasteiger partial charge in [-0.05, 0) is 32.4 Å². The fourth-order valence-corrected chi connectivity index (χ4v) is 3.28. The van der Waals surface area contributed by atoms with Gasteiger partial charge in [0.05, 0.1) is 23.7 Å². The van der Waals surface area contributed by atoms with Crippen LogP contribution in [0.4, 0.5) is 5.69 Å². The van der Waals surface area contributed by atoms with Gasteiger partial charge < -0.3 is 10.6 Å². The largest absolute Gasteiger partial charge is 0.347 e. The van der Waals surface area contributed by atoms with E-state index in [1.807, 2.05) is 24.3 Å². The lowest BCUT2D eigenvalue weighted by molar-refractivity contribution is -0.123. The Labute approximate surface area is 145 Å². The number of nitrogens with zero attached hydrogens (tertiary/aromatic N) is 2. The molecular formula is C18H20N4O3. The lowest BCUT2D eigenvalue weighted by atomic mass is 9.97. The number of ketones is 1. The SMILES string of the molecule is CC(=O)c1c(C)nn(CC(=O)N[C@H]2CC(=O)Nc3ccccc32)c1C. The van der Waals surface area contributed by atoms with E-state index in [2.05, 4.69) is 15.7 Å². The number of rotatable bonds is 4. The second-order valence-corrected chi connectivity index (χ2v) is 6.22. The molecular weight excluding hydrogens is 320 g/mol. The summed E-state index contributed by atoms with van der Waals surface area (Å²) in [6, 6.07) is 7.03. The molecule has 0 unspecified atom stereocenters. The minimum Gasteiger partial charge on any atom is -0.347 e. The Morgan fingerprint density at radius 2 is 2.04 bits per heavy atom. The Hall–Kier alpha value is -2.96. The van der Waals surface area contributed by atoms with Crippen LogP contribution in [-0.2, 0) is 16.1 Å². The zero-order valence-corrected chi connectivity index (χ0v) is 14.4. The van der Waals surface area contributed by atoms with E-state index in [4.69, 9.17) is 0 Å². The number of hydrogen-bond acceptors (Lipinski definition) is 4. The fraction of sp³-hybridized carbons (Fsp3) is 0.333. The van der Waals surface area contributed by atoms with Crippen molar-refractivity contribution in [2.45, 2.75) is 39.8 Å². The third-order valence-electron chi connectivity index (χ3n) is 4.36. The van der Waals surface area contributed by atoms with Crippen LogP contribution in [0.5, 0.6) is 0 Å². The molecule has 1 aromatic carbocycles. The van der Waals surface area contributed by atoms with Crippen LogP contribution >= 0.6 is 0 Å². The molecule has 0 aliphatic carbocycles. The van der Waals surface area contributed by atoms with Crippen LogP contribution in [0, 0.1) is 13.8 Å². The van der Waals surface area contributed by atoms with Gasteiger partial charge in [-0.25, -0.2) is 0 Å². The number of carbonyl (C=O) groups is 3. The number of amides is 2. The van der Waals surface area contributed by atoms with Crippen molar-refractivity contribution >= 4 is 23.3 Å². The Morgan fingerprint density at radius 3 is 2.72 bits per heavy atom. The maximum atomic E-state index is 12.5. The van der Waals surface area contributed by atoms with Gasteiger partial charge in [0.25, 0.3) is 0 Å². The molecule has 1 atom stereocenters. The molecule has 0 saturated carbocycles. The number of para-hydroxylation sites is 1. The molecule has 7 nitrogen and oxygen atoms in total. The van der Waals surface area contributed by atoms with Gasteiger partial charge in [-0.1, -0.05) is 18.2 Å². The van der Waals surface area contributed by atoms with E-state index in [0.29, 0.717) is 22.6 Å². The maximum Gasteiger partial charge on any atom is 0.242 e. The normalized spacial score (nSPS) is 16.1. The topological polar surface area (TPSA) is 93.1 Å². The monoisotopic (exact) mass is 340 g/mol. The van der Waals surface area contributed by atoms with E-state index in [9.17, 15) is 14.4 Å². The molecule has 0 fully saturated rings. The van der Waals surface area contributed by atoms with Crippen LogP contribution in [0.25, 0.3) is 0 Å². The first-order chi connectivity index (χ1) is 11.9. The first kappa shape index (κ1) is 16.9. The van der Waals surface area contributed by atoms with Crippen LogP contribution in [0.1, 0.15) is 46.7 Å². The molecule has 2 amide bonds. The van der Waals surface area contributed by atoms with Crippen molar-refractivity contribution in [3.63, 3.8) is 0 Å². The van der Waals surface area contributed by atoms with Crippen molar-refractivity contribution in [1.82, 2.24) is 15.1 Å². The summed E-state index contributed by atoms with van der Waals surface area (Å²) in [7, 11) is 0. The summed E-state index contributed by atoms with van der Waals surface area (Å²) < 4.78 is 1.52. The lowest BCUT2D eigenvalue weighted by Gasteiger charge is -2.26. The van der Waals surface area contributed by atoms with Gasteiger partial charge in [-0.3, -0.25) is 19.1 Å². The van der Waals surface area contributed by atoms with Crippen LogP contribution < -0.4 is 10.6 Å². The Morgan fingerprint density at radius 1 is 1.32 bits per heavy atom. The number of hydrogen-bond donors (Lipinski definition) is 2. The molecule has 7 heteroatoms. The second kappa shape index (κ2) is 6.51. The van der Waals surface area contributed by atoms with E-state index in [-0.39, 0.29) is 36.6 Å². The first-order valence-electron chi connectivity index (χ1n) is 8.10. The molecule has 2 heterocycles. The number of carbonyl (C=O) groups excluding carboxylic acids is 3. The van der Waals surface area contributed by atoms with Gasteiger partial charge in [-0.15, -0.1) is 0 Å². The van der Waals surface area contributed by atoms with Crippen molar-refractivity contribution in [2.75, 3.05) is 5.32 Å². The number of aromatic nitrogens is 2. The summed E-state index contributed by atoms with van der Waals surface area (Å²) in [6.07, 6.45) is 0.193. The average Bonchev–Trinajstić information content (AvgIpc) is 2.81. The molecule has 1 aliphatic heterocycles. The quantitative estimate of drug-likeness (QED) is 0.832. The molecule has 0 radical (unpaired) electrons. The van der Waals surface area contributed by atoms with E-state index in [0.717, 1.165) is 5.56 Å². The molecule has 25 heavy (non-hydrogen) atoms. The van der Waals surface area contributed by atoms with Crippen molar-refractivity contribution in [1.29, 1.82) is 0 Å². The summed E-state index contributed by atoms with van der Waals surface area (Å²) >= 11 is 0. The third kappa shape index (κ3) is 3.31. The molecule has 1 aliphatic rings. The van der Waals surface area contributed by atoms with Gasteiger partial charge >= 0.3 is 0 Å². The first-order valence-corrected chi connectivity index (χ1v) is 8.10. The highest BCUT2D eigenvalue weighted by molar-refractivity contribution is 5.96. The lowest BCUT2D eigenvalue weighted by Crippen LogP contribution is -2.37. The number of Topliss-reactive ketones (excluding diaryl/α,β-unsaturated/α-hetero) is 1. The molecule has 0 bridgehead atoms. The van der Waals surface area contributed by atoms with E-state index in [1.165, 1.54) is 11.6 Å². The van der Waals surface area contributed by atoms with Gasteiger partial charge in [0.1, 0.15) is 6.54 Å². The zero-order valence-electron chi connectivity index (χ0n) is 14.4. The standard InChI is InChI=1S/C18H20N4O3/c1-10-18(12(3)23)11(2)22(21-10)9-17(25)20-15-8-16(24)19-14-7-5-4-6-13(14)15/h4-7,15H,8-9H2,1-3H3,(H,19,24)(H,20,25)/t15-/m0/s1. The summed E-state index contributed by atoms with van der Waals surface area (Å²) in [5.41, 5.74) is 3.43. The summed E-state index contributed by atoms with van der Waals surface area (Å²) in [4.78, 5) is 36.0. The number of nitrogens with one attached hydrogen (secondary N) is 2. The minimum atomic E-state index is -0.373. The zero-order chi connectivity index (χ0) is 18.1. The molecule has 1 aromatic heterocycles. The van der Waals surface area contributed by atoms with E-state index < -0.39 is 0 Å². The highest BCUT2D eigenvalue weighted by atomic mass is 16.2. The molecule has 130 valence electrons. The van der Waals surface area contributed by atoms with E-state index in [1.54, 1.807) is 13.8 Å². The number of aryl methyl sites for hydroxylation is 1. The Bertz CT molecular complexity index is 869. The number of benzene rings is 1. The molecule has 0 spiro atoms. The van der Waals surface area contributed by atoms with E-state index >= 15 is 0 Å². The predicted octanol–water partition coefficient (Wildman–Crippen LogP) is 1.90.